The van der Waals surface area contributed by atoms with Crippen LogP contribution in [-0.2, 0) is 6.42 Å². The van der Waals surface area contributed by atoms with E-state index in [9.17, 15) is 0 Å². The molecule has 1 saturated heterocycles. The highest BCUT2D eigenvalue weighted by Crippen LogP contribution is 2.20. The molecule has 1 fully saturated rings. The Kier molecular flexibility index (Phi) is 9.26. The van der Waals surface area contributed by atoms with Crippen molar-refractivity contribution in [3.63, 3.8) is 0 Å². The molecule has 6 nitrogen and oxygen atoms in total. The zero-order chi connectivity index (χ0) is 19.9. The van der Waals surface area contributed by atoms with Crippen molar-refractivity contribution in [2.24, 2.45) is 4.99 Å². The number of nitrogens with zero attached hydrogens (tertiary/aromatic N) is 3. The van der Waals surface area contributed by atoms with Gasteiger partial charge in [0.1, 0.15) is 5.76 Å². The second-order valence-electron chi connectivity index (χ2n) is 7.58. The van der Waals surface area contributed by atoms with Crippen molar-refractivity contribution in [2.75, 3.05) is 31.1 Å². The van der Waals surface area contributed by atoms with Crippen molar-refractivity contribution in [2.45, 2.75) is 53.0 Å². The zero-order valence-electron chi connectivity index (χ0n) is 18.0. The van der Waals surface area contributed by atoms with Crippen LogP contribution in [0.15, 0.2) is 33.8 Å². The average Bonchev–Trinajstić information content (AvgIpc) is 3.01. The van der Waals surface area contributed by atoms with E-state index in [-0.39, 0.29) is 24.0 Å². The molecule has 29 heavy (non-hydrogen) atoms. The number of aromatic nitrogens is 1. The van der Waals surface area contributed by atoms with Crippen molar-refractivity contribution in [3.8, 4) is 0 Å². The lowest BCUT2D eigenvalue weighted by Crippen LogP contribution is -2.51. The molecule has 1 aromatic heterocycles. The second-order valence-corrected chi connectivity index (χ2v) is 7.58. The van der Waals surface area contributed by atoms with Crippen molar-refractivity contribution in [1.82, 2.24) is 15.8 Å². The highest BCUT2D eigenvalue weighted by molar-refractivity contribution is 14.0. The smallest absolute Gasteiger partial charge is 0.191 e. The maximum atomic E-state index is 5.25. The molecule has 0 aliphatic carbocycles. The number of hydrogen-bond donors (Lipinski definition) is 2. The summed E-state index contributed by atoms with van der Waals surface area (Å²) in [6.45, 7) is 11.9. The first-order valence-corrected chi connectivity index (χ1v) is 10.3. The van der Waals surface area contributed by atoms with E-state index in [0.717, 1.165) is 49.9 Å². The third-order valence-corrected chi connectivity index (χ3v) is 5.32. The van der Waals surface area contributed by atoms with E-state index in [1.54, 1.807) is 0 Å². The number of guanidine groups is 1. The highest BCUT2D eigenvalue weighted by atomic mass is 127. The number of benzene rings is 1. The molecule has 0 spiro atoms. The summed E-state index contributed by atoms with van der Waals surface area (Å²) in [4.78, 5) is 7.25. The van der Waals surface area contributed by atoms with Gasteiger partial charge in [0.05, 0.1) is 5.69 Å². The van der Waals surface area contributed by atoms with Crippen molar-refractivity contribution >= 4 is 35.6 Å². The van der Waals surface area contributed by atoms with Gasteiger partial charge in [-0.3, -0.25) is 4.99 Å². The summed E-state index contributed by atoms with van der Waals surface area (Å²) in [5.74, 6) is 1.79. The molecule has 0 saturated carbocycles. The quantitative estimate of drug-likeness (QED) is 0.349. The van der Waals surface area contributed by atoms with Crippen molar-refractivity contribution in [1.29, 1.82) is 0 Å². The van der Waals surface area contributed by atoms with Crippen LogP contribution in [0.3, 0.4) is 0 Å². The number of rotatable bonds is 6. The lowest BCUT2D eigenvalue weighted by atomic mass is 10.0. The zero-order valence-corrected chi connectivity index (χ0v) is 20.3. The number of halogens is 1. The van der Waals surface area contributed by atoms with Gasteiger partial charge in [-0.1, -0.05) is 22.9 Å². The summed E-state index contributed by atoms with van der Waals surface area (Å²) in [5.41, 5.74) is 4.74. The first-order valence-electron chi connectivity index (χ1n) is 10.3. The number of piperidine rings is 1. The standard InChI is InChI=1S/C22H33N5O.HI/c1-5-23-22(24-13-12-21-17(3)26-28-18(21)4)25-19-7-6-14-27(15-19)20-10-8-16(2)9-11-20;/h8-11,19H,5-7,12-15H2,1-4H3,(H2,23,24,25);1H. The molecular weight excluding hydrogens is 477 g/mol. The van der Waals surface area contributed by atoms with Crippen LogP contribution in [0.5, 0.6) is 0 Å². The summed E-state index contributed by atoms with van der Waals surface area (Å²) in [7, 11) is 0. The largest absolute Gasteiger partial charge is 0.369 e. The first-order chi connectivity index (χ1) is 13.6. The Balaban J connectivity index is 0.00000300. The van der Waals surface area contributed by atoms with Crippen LogP contribution in [0.25, 0.3) is 0 Å². The summed E-state index contributed by atoms with van der Waals surface area (Å²) in [6.07, 6.45) is 3.19. The maximum Gasteiger partial charge on any atom is 0.191 e. The van der Waals surface area contributed by atoms with E-state index in [1.807, 2.05) is 13.8 Å². The molecule has 1 aliphatic heterocycles. The Labute approximate surface area is 191 Å². The lowest BCUT2D eigenvalue weighted by molar-refractivity contribution is 0.392. The Morgan fingerprint density at radius 3 is 2.66 bits per heavy atom. The summed E-state index contributed by atoms with van der Waals surface area (Å²) < 4.78 is 5.25. The molecule has 1 aromatic carbocycles. The molecule has 0 bridgehead atoms. The monoisotopic (exact) mass is 511 g/mol. The fourth-order valence-corrected chi connectivity index (χ4v) is 3.74. The molecule has 160 valence electrons. The molecule has 2 N–H and O–H groups in total. The van der Waals surface area contributed by atoms with Crippen molar-refractivity contribution in [3.05, 3.63) is 46.8 Å². The Bertz CT molecular complexity index is 768. The maximum absolute atomic E-state index is 5.25. The van der Waals surface area contributed by atoms with E-state index in [1.165, 1.54) is 23.2 Å². The predicted octanol–water partition coefficient (Wildman–Crippen LogP) is 3.98. The van der Waals surface area contributed by atoms with Crippen LogP contribution < -0.4 is 15.5 Å². The van der Waals surface area contributed by atoms with Crippen LogP contribution >= 0.6 is 24.0 Å². The van der Waals surface area contributed by atoms with Crippen LogP contribution in [0.2, 0.25) is 0 Å². The van der Waals surface area contributed by atoms with E-state index < -0.39 is 0 Å². The molecule has 2 aromatic rings. The SMILES string of the molecule is CCNC(=NCCc1c(C)noc1C)NC1CCCN(c2ccc(C)cc2)C1.I. The van der Waals surface area contributed by atoms with Crippen molar-refractivity contribution < 1.29 is 4.52 Å². The average molecular weight is 511 g/mol. The van der Waals surface area contributed by atoms with Gasteiger partial charge in [0.15, 0.2) is 5.96 Å². The predicted molar refractivity (Wildman–Crippen MR) is 131 cm³/mol. The van der Waals surface area contributed by atoms with Crippen LogP contribution in [-0.4, -0.2) is 43.3 Å². The van der Waals surface area contributed by atoms with Gasteiger partial charge in [-0.15, -0.1) is 24.0 Å². The summed E-state index contributed by atoms with van der Waals surface area (Å²) in [5, 5.41) is 11.0. The minimum atomic E-state index is 0. The van der Waals surface area contributed by atoms with Gasteiger partial charge < -0.3 is 20.1 Å². The van der Waals surface area contributed by atoms with E-state index >= 15 is 0 Å². The van der Waals surface area contributed by atoms with Gasteiger partial charge in [-0.2, -0.15) is 0 Å². The second kappa shape index (κ2) is 11.4. The molecule has 2 heterocycles. The fraction of sp³-hybridized carbons (Fsp3) is 0.545. The molecule has 1 aliphatic rings. The fourth-order valence-electron chi connectivity index (χ4n) is 3.74. The highest BCUT2D eigenvalue weighted by Gasteiger charge is 2.21. The van der Waals surface area contributed by atoms with Gasteiger partial charge in [0, 0.05) is 43.5 Å². The Morgan fingerprint density at radius 1 is 1.24 bits per heavy atom. The van der Waals surface area contributed by atoms with E-state index in [0.29, 0.717) is 12.6 Å². The minimum Gasteiger partial charge on any atom is -0.369 e. The van der Waals surface area contributed by atoms with Crippen LogP contribution in [0.4, 0.5) is 5.69 Å². The van der Waals surface area contributed by atoms with Gasteiger partial charge in [0.25, 0.3) is 0 Å². The van der Waals surface area contributed by atoms with Gasteiger partial charge in [-0.25, -0.2) is 0 Å². The summed E-state index contributed by atoms with van der Waals surface area (Å²) in [6, 6.07) is 9.22. The molecule has 1 atom stereocenters. The number of hydrogen-bond acceptors (Lipinski definition) is 4. The molecule has 3 rings (SSSR count). The first kappa shape index (κ1) is 23.5. The molecule has 0 radical (unpaired) electrons. The van der Waals surface area contributed by atoms with Crippen LogP contribution in [0, 0.1) is 20.8 Å². The Morgan fingerprint density at radius 2 is 2.00 bits per heavy atom. The van der Waals surface area contributed by atoms with Gasteiger partial charge >= 0.3 is 0 Å². The number of aryl methyl sites for hydroxylation is 3. The van der Waals surface area contributed by atoms with E-state index in [2.05, 4.69) is 58.8 Å². The lowest BCUT2D eigenvalue weighted by Gasteiger charge is -2.35. The van der Waals surface area contributed by atoms with Gasteiger partial charge in [-0.05, 0) is 59.1 Å². The molecule has 7 heteroatoms. The minimum absolute atomic E-state index is 0. The normalized spacial score (nSPS) is 17.0. The number of nitrogens with one attached hydrogen (secondary N) is 2. The summed E-state index contributed by atoms with van der Waals surface area (Å²) >= 11 is 0. The van der Waals surface area contributed by atoms with Crippen LogP contribution in [0.1, 0.15) is 42.3 Å². The third kappa shape index (κ3) is 6.62. The molecular formula is C22H34IN5O. The third-order valence-electron chi connectivity index (χ3n) is 5.32. The van der Waals surface area contributed by atoms with E-state index in [4.69, 9.17) is 9.52 Å². The Hall–Kier alpha value is -1.77. The van der Waals surface area contributed by atoms with Gasteiger partial charge in [0.2, 0.25) is 0 Å². The number of aliphatic imine (C=N–C) groups is 1. The number of anilines is 1. The molecule has 1 unspecified atom stereocenters. The topological polar surface area (TPSA) is 65.7 Å². The molecule has 0 amide bonds.